The smallest absolute Gasteiger partial charge is 0.326 e. The average Bonchev–Trinajstić information content (AvgIpc) is 2.97. The fourth-order valence-corrected chi connectivity index (χ4v) is 3.90. The number of hydrogen-bond acceptors (Lipinski definition) is 2. The van der Waals surface area contributed by atoms with Gasteiger partial charge in [-0.3, -0.25) is 4.79 Å². The molecule has 114 valence electrons. The van der Waals surface area contributed by atoms with Crippen molar-refractivity contribution in [3.63, 3.8) is 0 Å². The van der Waals surface area contributed by atoms with Crippen molar-refractivity contribution in [3.8, 4) is 0 Å². The molecule has 1 saturated carbocycles. The van der Waals surface area contributed by atoms with Crippen LogP contribution in [0.25, 0.3) is 0 Å². The van der Waals surface area contributed by atoms with Gasteiger partial charge in [0.05, 0.1) is 0 Å². The highest BCUT2D eigenvalue weighted by Crippen LogP contribution is 2.42. The van der Waals surface area contributed by atoms with Gasteiger partial charge in [-0.2, -0.15) is 0 Å². The summed E-state index contributed by atoms with van der Waals surface area (Å²) in [5, 5.41) is 9.43. The maximum Gasteiger partial charge on any atom is 0.326 e. The van der Waals surface area contributed by atoms with Crippen molar-refractivity contribution in [3.05, 3.63) is 0 Å². The third kappa shape index (κ3) is 3.33. The molecule has 0 bridgehead atoms. The maximum atomic E-state index is 12.3. The van der Waals surface area contributed by atoms with Gasteiger partial charge < -0.3 is 10.0 Å². The fraction of sp³-hybridized carbons (Fsp3) is 0.875. The monoisotopic (exact) mass is 281 g/mol. The number of hydrogen-bond donors (Lipinski definition) is 1. The van der Waals surface area contributed by atoms with Crippen LogP contribution in [-0.2, 0) is 9.59 Å². The van der Waals surface area contributed by atoms with Gasteiger partial charge >= 0.3 is 5.97 Å². The first-order valence-corrected chi connectivity index (χ1v) is 8.17. The van der Waals surface area contributed by atoms with Gasteiger partial charge in [-0.15, -0.1) is 0 Å². The lowest BCUT2D eigenvalue weighted by molar-refractivity contribution is -0.149. The molecule has 1 heterocycles. The lowest BCUT2D eigenvalue weighted by atomic mass is 9.94. The van der Waals surface area contributed by atoms with Gasteiger partial charge in [-0.1, -0.05) is 39.0 Å². The van der Waals surface area contributed by atoms with Gasteiger partial charge in [0, 0.05) is 13.0 Å². The predicted octanol–water partition coefficient (Wildman–Crippen LogP) is 3.06. The number of carboxylic acid groups (broad SMARTS) is 1. The molecular weight excluding hydrogens is 254 g/mol. The number of aliphatic carboxylic acids is 1. The first-order valence-electron chi connectivity index (χ1n) is 8.17. The second kappa shape index (κ2) is 7.09. The molecule has 0 aromatic rings. The largest absolute Gasteiger partial charge is 0.480 e. The minimum Gasteiger partial charge on any atom is -0.480 e. The van der Waals surface area contributed by atoms with Gasteiger partial charge in [0.15, 0.2) is 0 Å². The fourth-order valence-electron chi connectivity index (χ4n) is 3.90. The molecule has 0 spiro atoms. The lowest BCUT2D eigenvalue weighted by Crippen LogP contribution is -2.43. The molecule has 1 amide bonds. The molecule has 1 aliphatic carbocycles. The molecule has 2 rings (SSSR count). The van der Waals surface area contributed by atoms with Crippen molar-refractivity contribution >= 4 is 11.9 Å². The topological polar surface area (TPSA) is 57.6 Å². The number of unbranched alkanes of at least 4 members (excludes halogenated alkanes) is 4. The number of carbonyl (C=O) groups excluding carboxylic acids is 1. The van der Waals surface area contributed by atoms with Crippen molar-refractivity contribution in [1.29, 1.82) is 0 Å². The zero-order valence-electron chi connectivity index (χ0n) is 12.5. The number of carbonyl (C=O) groups is 2. The maximum absolute atomic E-state index is 12.3. The summed E-state index contributed by atoms with van der Waals surface area (Å²) in [7, 11) is 0. The Bertz CT molecular complexity index is 356. The number of likely N-dealkylation sites (tertiary alicyclic amines) is 1. The van der Waals surface area contributed by atoms with Crippen molar-refractivity contribution < 1.29 is 14.7 Å². The molecule has 0 radical (unpaired) electrons. The zero-order valence-corrected chi connectivity index (χ0v) is 12.5. The summed E-state index contributed by atoms with van der Waals surface area (Å²) in [4.78, 5) is 25.4. The standard InChI is InChI=1S/C16H27NO3/c1-2-3-4-5-6-10-14(18)17-11-12-8-7-9-13(12)15(17)16(19)20/h12-13,15H,2-11H2,1H3,(H,19,20). The van der Waals surface area contributed by atoms with E-state index in [2.05, 4.69) is 6.92 Å². The summed E-state index contributed by atoms with van der Waals surface area (Å²) in [6, 6.07) is -0.550. The van der Waals surface area contributed by atoms with Crippen molar-refractivity contribution in [2.24, 2.45) is 11.8 Å². The Kier molecular flexibility index (Phi) is 5.44. The quantitative estimate of drug-likeness (QED) is 0.730. The van der Waals surface area contributed by atoms with E-state index in [-0.39, 0.29) is 11.8 Å². The zero-order chi connectivity index (χ0) is 14.5. The van der Waals surface area contributed by atoms with Crippen LogP contribution in [0.15, 0.2) is 0 Å². The minimum atomic E-state index is -0.807. The first kappa shape index (κ1) is 15.3. The van der Waals surface area contributed by atoms with E-state index in [0.29, 0.717) is 18.9 Å². The van der Waals surface area contributed by atoms with E-state index in [4.69, 9.17) is 0 Å². The molecule has 4 heteroatoms. The molecule has 0 aromatic carbocycles. The Hall–Kier alpha value is -1.06. The summed E-state index contributed by atoms with van der Waals surface area (Å²) < 4.78 is 0. The van der Waals surface area contributed by atoms with Crippen LogP contribution in [0.5, 0.6) is 0 Å². The summed E-state index contributed by atoms with van der Waals surface area (Å²) in [5.41, 5.74) is 0. The molecule has 4 nitrogen and oxygen atoms in total. The number of amides is 1. The van der Waals surface area contributed by atoms with E-state index in [9.17, 15) is 14.7 Å². The third-order valence-electron chi connectivity index (χ3n) is 4.96. The molecule has 2 aliphatic rings. The Balaban J connectivity index is 1.84. The van der Waals surface area contributed by atoms with Crippen molar-refractivity contribution in [2.45, 2.75) is 70.8 Å². The van der Waals surface area contributed by atoms with E-state index >= 15 is 0 Å². The SMILES string of the molecule is CCCCCCCC(=O)N1CC2CCCC2C1C(=O)O. The highest BCUT2D eigenvalue weighted by Gasteiger charge is 2.49. The van der Waals surface area contributed by atoms with Gasteiger partial charge in [-0.05, 0) is 31.1 Å². The second-order valence-corrected chi connectivity index (χ2v) is 6.35. The molecule has 2 fully saturated rings. The van der Waals surface area contributed by atoms with Gasteiger partial charge in [0.2, 0.25) is 5.91 Å². The van der Waals surface area contributed by atoms with E-state index in [1.165, 1.54) is 19.3 Å². The normalized spacial score (nSPS) is 28.6. The highest BCUT2D eigenvalue weighted by molar-refractivity contribution is 5.84. The van der Waals surface area contributed by atoms with Gasteiger partial charge in [0.25, 0.3) is 0 Å². The number of rotatable bonds is 7. The highest BCUT2D eigenvalue weighted by atomic mass is 16.4. The van der Waals surface area contributed by atoms with Crippen LogP contribution >= 0.6 is 0 Å². The van der Waals surface area contributed by atoms with Crippen LogP contribution in [0.3, 0.4) is 0 Å². The summed E-state index contributed by atoms with van der Waals surface area (Å²) in [6.45, 7) is 2.85. The molecule has 0 aromatic heterocycles. The Morgan fingerprint density at radius 1 is 1.15 bits per heavy atom. The molecule has 3 unspecified atom stereocenters. The Morgan fingerprint density at radius 2 is 1.90 bits per heavy atom. The van der Waals surface area contributed by atoms with Gasteiger partial charge in [0.1, 0.15) is 6.04 Å². The van der Waals surface area contributed by atoms with Crippen LogP contribution < -0.4 is 0 Å². The molecule has 1 aliphatic heterocycles. The number of fused-ring (bicyclic) bond motifs is 1. The van der Waals surface area contributed by atoms with Crippen LogP contribution in [-0.4, -0.2) is 34.5 Å². The van der Waals surface area contributed by atoms with Crippen LogP contribution in [0.2, 0.25) is 0 Å². The molecule has 3 atom stereocenters. The van der Waals surface area contributed by atoms with E-state index < -0.39 is 12.0 Å². The molecule has 1 N–H and O–H groups in total. The molecule has 20 heavy (non-hydrogen) atoms. The summed E-state index contributed by atoms with van der Waals surface area (Å²) in [5.74, 6) is -0.112. The number of nitrogens with zero attached hydrogens (tertiary/aromatic N) is 1. The Morgan fingerprint density at radius 3 is 2.60 bits per heavy atom. The molecule has 1 saturated heterocycles. The predicted molar refractivity (Wildman–Crippen MR) is 77.3 cm³/mol. The van der Waals surface area contributed by atoms with E-state index in [1.54, 1.807) is 4.90 Å². The van der Waals surface area contributed by atoms with Crippen LogP contribution in [0.1, 0.15) is 64.7 Å². The van der Waals surface area contributed by atoms with Crippen LogP contribution in [0, 0.1) is 11.8 Å². The minimum absolute atomic E-state index is 0.0586. The van der Waals surface area contributed by atoms with Crippen LogP contribution in [0.4, 0.5) is 0 Å². The van der Waals surface area contributed by atoms with Crippen molar-refractivity contribution in [1.82, 2.24) is 4.90 Å². The third-order valence-corrected chi connectivity index (χ3v) is 4.96. The van der Waals surface area contributed by atoms with Crippen molar-refractivity contribution in [2.75, 3.05) is 6.54 Å². The van der Waals surface area contributed by atoms with E-state index in [0.717, 1.165) is 32.1 Å². The lowest BCUT2D eigenvalue weighted by Gasteiger charge is -2.24. The molecular formula is C16H27NO3. The average molecular weight is 281 g/mol. The van der Waals surface area contributed by atoms with Gasteiger partial charge in [-0.25, -0.2) is 4.79 Å². The summed E-state index contributed by atoms with van der Waals surface area (Å²) in [6.07, 6.45) is 9.29. The van der Waals surface area contributed by atoms with E-state index in [1.807, 2.05) is 0 Å². The number of carboxylic acids is 1. The Labute approximate surface area is 121 Å². The second-order valence-electron chi connectivity index (χ2n) is 6.35. The summed E-state index contributed by atoms with van der Waals surface area (Å²) >= 11 is 0. The first-order chi connectivity index (χ1) is 9.65.